The largest absolute Gasteiger partial charge is 1.00 e. The van der Waals surface area contributed by atoms with Crippen molar-refractivity contribution in [1.82, 2.24) is 0 Å². The van der Waals surface area contributed by atoms with Gasteiger partial charge in [-0.25, -0.2) is 0 Å². The van der Waals surface area contributed by atoms with Crippen LogP contribution in [0.3, 0.4) is 0 Å². The Bertz CT molecular complexity index is 332. The number of halogens is 2. The summed E-state index contributed by atoms with van der Waals surface area (Å²) in [6, 6.07) is 7.65. The molecule has 0 amide bonds. The maximum atomic E-state index is 8.59. The van der Waals surface area contributed by atoms with Crippen molar-refractivity contribution in [2.45, 2.75) is 26.7 Å². The standard InChI is InChI=1S/C12H18N3.2ClH.Zn/c1-3-9-15(10-4-2)12-7-5-11(14-13)6-8-12;;;/h5-8H,3-4,9-10H2,1-2H3;2*1H;/q+1;;;+1/p-2. The van der Waals surface area contributed by atoms with E-state index in [-0.39, 0.29) is 44.3 Å². The third-order valence-corrected chi connectivity index (χ3v) is 2.32. The van der Waals surface area contributed by atoms with E-state index >= 15 is 0 Å². The fourth-order valence-corrected chi connectivity index (χ4v) is 1.64. The van der Waals surface area contributed by atoms with Crippen molar-refractivity contribution in [2.75, 3.05) is 18.0 Å². The molecular formula is C12H18Cl2N3Zn. The van der Waals surface area contributed by atoms with Gasteiger partial charge in [0, 0.05) is 30.9 Å². The second-order valence-corrected chi connectivity index (χ2v) is 3.60. The third-order valence-electron chi connectivity index (χ3n) is 2.32. The zero-order valence-corrected chi connectivity index (χ0v) is 15.4. The second kappa shape index (κ2) is 13.1. The van der Waals surface area contributed by atoms with Gasteiger partial charge in [-0.3, -0.25) is 0 Å². The molecule has 0 aliphatic carbocycles. The maximum absolute atomic E-state index is 8.59. The molecule has 1 rings (SSSR count). The van der Waals surface area contributed by atoms with E-state index in [4.69, 9.17) is 5.39 Å². The van der Waals surface area contributed by atoms with Crippen LogP contribution >= 0.6 is 0 Å². The third kappa shape index (κ3) is 7.16. The van der Waals surface area contributed by atoms with Crippen molar-refractivity contribution in [2.24, 2.45) is 0 Å². The molecule has 0 fully saturated rings. The van der Waals surface area contributed by atoms with Gasteiger partial charge in [0.1, 0.15) is 0 Å². The van der Waals surface area contributed by atoms with Crippen LogP contribution < -0.4 is 29.7 Å². The molecule has 0 saturated carbocycles. The summed E-state index contributed by atoms with van der Waals surface area (Å²) in [6.07, 6.45) is 2.29. The van der Waals surface area contributed by atoms with Crippen molar-refractivity contribution in [3.63, 3.8) is 0 Å². The van der Waals surface area contributed by atoms with E-state index < -0.39 is 0 Å². The Morgan fingerprint density at radius 1 is 1.00 bits per heavy atom. The molecule has 0 N–H and O–H groups in total. The van der Waals surface area contributed by atoms with Crippen molar-refractivity contribution in [3.05, 3.63) is 29.2 Å². The minimum absolute atomic E-state index is 0. The fraction of sp³-hybridized carbons (Fsp3) is 0.500. The number of hydrogen-bond acceptors (Lipinski definition) is 2. The van der Waals surface area contributed by atoms with E-state index in [0.29, 0.717) is 5.69 Å². The molecule has 0 spiro atoms. The summed E-state index contributed by atoms with van der Waals surface area (Å²) < 4.78 is 0. The Kier molecular flexibility index (Phi) is 16.6. The quantitative estimate of drug-likeness (QED) is 0.450. The van der Waals surface area contributed by atoms with E-state index in [1.165, 1.54) is 5.69 Å². The maximum Gasteiger partial charge on any atom is 1.00 e. The molecule has 0 saturated heterocycles. The molecule has 18 heavy (non-hydrogen) atoms. The number of diazo groups is 1. The average Bonchev–Trinajstić information content (AvgIpc) is 2.29. The SMILES string of the molecule is CCCN(CCC)c1ccc([N+]#N)cc1.[Cl-].[Cl-].[Zn+]. The Balaban J connectivity index is -0.000000750. The van der Waals surface area contributed by atoms with Crippen molar-refractivity contribution in [1.29, 1.82) is 5.39 Å². The van der Waals surface area contributed by atoms with E-state index in [0.717, 1.165) is 25.9 Å². The first-order chi connectivity index (χ1) is 7.31. The van der Waals surface area contributed by atoms with Gasteiger partial charge in [-0.05, 0) is 25.0 Å². The van der Waals surface area contributed by atoms with Gasteiger partial charge >= 0.3 is 25.2 Å². The van der Waals surface area contributed by atoms with Crippen molar-refractivity contribution < 1.29 is 44.3 Å². The van der Waals surface area contributed by atoms with Crippen LogP contribution in [-0.2, 0) is 19.5 Å². The van der Waals surface area contributed by atoms with Gasteiger partial charge in [0.05, 0.1) is 0 Å². The summed E-state index contributed by atoms with van der Waals surface area (Å²) in [7, 11) is 0. The number of anilines is 1. The fourth-order valence-electron chi connectivity index (χ4n) is 1.64. The van der Waals surface area contributed by atoms with Gasteiger partial charge in [0.15, 0.2) is 4.98 Å². The van der Waals surface area contributed by atoms with E-state index in [1.54, 1.807) is 0 Å². The minimum Gasteiger partial charge on any atom is -1.00 e. The summed E-state index contributed by atoms with van der Waals surface area (Å²) >= 11 is 0. The number of hydrogen-bond donors (Lipinski definition) is 0. The molecule has 0 heterocycles. The van der Waals surface area contributed by atoms with Gasteiger partial charge in [0.25, 0.3) is 0 Å². The zero-order chi connectivity index (χ0) is 11.1. The number of benzene rings is 1. The van der Waals surface area contributed by atoms with Crippen LogP contribution in [0.5, 0.6) is 0 Å². The summed E-state index contributed by atoms with van der Waals surface area (Å²) in [5.74, 6) is 0. The van der Waals surface area contributed by atoms with E-state index in [9.17, 15) is 0 Å². The van der Waals surface area contributed by atoms with Gasteiger partial charge in [0.2, 0.25) is 5.39 Å². The average molecular weight is 341 g/mol. The Morgan fingerprint density at radius 3 is 1.78 bits per heavy atom. The van der Waals surface area contributed by atoms with Crippen LogP contribution in [0.15, 0.2) is 24.3 Å². The molecule has 0 unspecified atom stereocenters. The van der Waals surface area contributed by atoms with Gasteiger partial charge in [-0.1, -0.05) is 13.8 Å². The molecule has 1 radical (unpaired) electrons. The summed E-state index contributed by atoms with van der Waals surface area (Å²) in [5.41, 5.74) is 1.80. The Labute approximate surface area is 135 Å². The van der Waals surface area contributed by atoms with E-state index in [1.807, 2.05) is 24.3 Å². The van der Waals surface area contributed by atoms with Crippen molar-refractivity contribution in [3.8, 4) is 0 Å². The Morgan fingerprint density at radius 2 is 1.44 bits per heavy atom. The summed E-state index contributed by atoms with van der Waals surface area (Å²) in [6.45, 7) is 6.51. The predicted octanol–water partition coefficient (Wildman–Crippen LogP) is -2.20. The zero-order valence-electron chi connectivity index (χ0n) is 10.9. The molecule has 0 atom stereocenters. The first-order valence-corrected chi connectivity index (χ1v) is 5.52. The number of nitrogens with zero attached hydrogens (tertiary/aromatic N) is 3. The molecule has 1 aromatic rings. The first-order valence-electron chi connectivity index (χ1n) is 5.52. The molecule has 3 nitrogen and oxygen atoms in total. The van der Waals surface area contributed by atoms with Crippen LogP contribution in [0.4, 0.5) is 11.4 Å². The van der Waals surface area contributed by atoms with Crippen LogP contribution in [0, 0.1) is 5.39 Å². The van der Waals surface area contributed by atoms with Gasteiger partial charge in [-0.2, -0.15) is 0 Å². The van der Waals surface area contributed by atoms with Crippen LogP contribution in [0.2, 0.25) is 0 Å². The number of rotatable bonds is 5. The predicted molar refractivity (Wildman–Crippen MR) is 64.0 cm³/mol. The monoisotopic (exact) mass is 338 g/mol. The normalized spacial score (nSPS) is 8.06. The molecule has 0 aromatic heterocycles. The summed E-state index contributed by atoms with van der Waals surface area (Å²) in [5, 5.41) is 8.59. The topological polar surface area (TPSA) is 31.4 Å². The molecule has 0 aliphatic rings. The van der Waals surface area contributed by atoms with Crippen LogP contribution in [0.25, 0.3) is 4.98 Å². The first kappa shape index (κ1) is 22.8. The second-order valence-electron chi connectivity index (χ2n) is 3.60. The minimum atomic E-state index is 0. The molecule has 6 heteroatoms. The van der Waals surface area contributed by atoms with Gasteiger partial charge < -0.3 is 29.7 Å². The summed E-state index contributed by atoms with van der Waals surface area (Å²) in [4.78, 5) is 5.49. The Hall–Kier alpha value is -0.357. The smallest absolute Gasteiger partial charge is 1.00 e. The van der Waals surface area contributed by atoms with Gasteiger partial charge in [-0.15, -0.1) is 0 Å². The molecule has 1 aromatic carbocycles. The van der Waals surface area contributed by atoms with E-state index in [2.05, 4.69) is 23.7 Å². The molecule has 0 aliphatic heterocycles. The van der Waals surface area contributed by atoms with Crippen LogP contribution in [0.1, 0.15) is 26.7 Å². The van der Waals surface area contributed by atoms with Crippen LogP contribution in [-0.4, -0.2) is 13.1 Å². The van der Waals surface area contributed by atoms with Crippen molar-refractivity contribution >= 4 is 11.4 Å². The molecular weight excluding hydrogens is 322 g/mol. The molecule has 0 bridgehead atoms. The molecule has 97 valence electrons.